The van der Waals surface area contributed by atoms with Crippen LogP contribution in [-0.2, 0) is 6.54 Å². The average Bonchev–Trinajstić information content (AvgIpc) is 2.36. The van der Waals surface area contributed by atoms with Crippen LogP contribution in [0.1, 0.15) is 26.3 Å². The van der Waals surface area contributed by atoms with E-state index in [-0.39, 0.29) is 31.0 Å². The predicted molar refractivity (Wildman–Crippen MR) is 79.9 cm³/mol. The van der Waals surface area contributed by atoms with Gasteiger partial charge in [0, 0.05) is 29.2 Å². The van der Waals surface area contributed by atoms with Gasteiger partial charge in [0.05, 0.1) is 6.10 Å². The summed E-state index contributed by atoms with van der Waals surface area (Å²) in [6, 6.07) is 4.22. The number of carbonyl (C=O) groups is 1. The number of aliphatic hydroxyl groups is 1. The number of urea groups is 1. The summed E-state index contributed by atoms with van der Waals surface area (Å²) in [7, 11) is 0. The first kappa shape index (κ1) is 16.9. The Morgan fingerprint density at radius 3 is 2.65 bits per heavy atom. The molecule has 0 aromatic heterocycles. The molecule has 0 saturated carbocycles. The van der Waals surface area contributed by atoms with Crippen molar-refractivity contribution in [3.8, 4) is 0 Å². The van der Waals surface area contributed by atoms with Crippen molar-refractivity contribution in [2.24, 2.45) is 0 Å². The molecule has 0 saturated heterocycles. The number of halogens is 2. The van der Waals surface area contributed by atoms with Crippen molar-refractivity contribution >= 4 is 22.0 Å². The topological polar surface area (TPSA) is 52.6 Å². The Hall–Kier alpha value is -1.14. The van der Waals surface area contributed by atoms with E-state index in [9.17, 15) is 14.3 Å². The van der Waals surface area contributed by atoms with Crippen molar-refractivity contribution in [1.82, 2.24) is 10.2 Å². The van der Waals surface area contributed by atoms with Crippen molar-refractivity contribution in [2.75, 3.05) is 6.54 Å². The smallest absolute Gasteiger partial charge is 0.317 e. The normalized spacial score (nSPS) is 12.3. The number of hydrogen-bond acceptors (Lipinski definition) is 2. The lowest BCUT2D eigenvalue weighted by Crippen LogP contribution is -2.46. The Balaban J connectivity index is 2.67. The molecule has 4 nitrogen and oxygen atoms in total. The van der Waals surface area contributed by atoms with Crippen LogP contribution >= 0.6 is 15.9 Å². The third-order valence-electron chi connectivity index (χ3n) is 2.78. The van der Waals surface area contributed by atoms with Crippen LogP contribution in [0.2, 0.25) is 0 Å². The van der Waals surface area contributed by atoms with Gasteiger partial charge in [-0.05, 0) is 39.0 Å². The maximum Gasteiger partial charge on any atom is 0.317 e. The third kappa shape index (κ3) is 5.09. The van der Waals surface area contributed by atoms with Crippen LogP contribution < -0.4 is 5.32 Å². The average molecular weight is 347 g/mol. The minimum absolute atomic E-state index is 0.0445. The second kappa shape index (κ2) is 7.59. The number of hydrogen-bond donors (Lipinski definition) is 2. The van der Waals surface area contributed by atoms with E-state index in [2.05, 4.69) is 21.2 Å². The standard InChI is InChI=1S/C14H20BrFN2O2/c1-9(2)18(8-10(3)19)14(20)17-7-11-6-12(15)4-5-13(11)16/h4-6,9-10,19H,7-8H2,1-3H3,(H,17,20). The number of amides is 2. The highest BCUT2D eigenvalue weighted by molar-refractivity contribution is 9.10. The largest absolute Gasteiger partial charge is 0.392 e. The lowest BCUT2D eigenvalue weighted by atomic mass is 10.2. The summed E-state index contributed by atoms with van der Waals surface area (Å²) in [6.07, 6.45) is -0.606. The number of nitrogens with one attached hydrogen (secondary N) is 1. The highest BCUT2D eigenvalue weighted by Crippen LogP contribution is 2.15. The van der Waals surface area contributed by atoms with E-state index in [0.717, 1.165) is 4.47 Å². The van der Waals surface area contributed by atoms with Crippen LogP contribution in [0.4, 0.5) is 9.18 Å². The second-order valence-corrected chi connectivity index (χ2v) is 5.91. The number of rotatable bonds is 5. The number of nitrogens with zero attached hydrogens (tertiary/aromatic N) is 1. The van der Waals surface area contributed by atoms with E-state index >= 15 is 0 Å². The SMILES string of the molecule is CC(O)CN(C(=O)NCc1cc(Br)ccc1F)C(C)C. The first-order chi connectivity index (χ1) is 9.31. The molecule has 1 rings (SSSR count). The molecular formula is C14H20BrFN2O2. The molecule has 20 heavy (non-hydrogen) atoms. The van der Waals surface area contributed by atoms with E-state index < -0.39 is 6.10 Å². The van der Waals surface area contributed by atoms with Gasteiger partial charge in [0.25, 0.3) is 0 Å². The number of carbonyl (C=O) groups excluding carboxylic acids is 1. The first-order valence-electron chi connectivity index (χ1n) is 6.47. The summed E-state index contributed by atoms with van der Waals surface area (Å²) >= 11 is 3.27. The highest BCUT2D eigenvalue weighted by atomic mass is 79.9. The monoisotopic (exact) mass is 346 g/mol. The fourth-order valence-corrected chi connectivity index (χ4v) is 2.17. The van der Waals surface area contributed by atoms with E-state index in [1.165, 1.54) is 11.0 Å². The molecule has 1 aromatic carbocycles. The van der Waals surface area contributed by atoms with Gasteiger partial charge in [-0.15, -0.1) is 0 Å². The van der Waals surface area contributed by atoms with Gasteiger partial charge in [-0.1, -0.05) is 15.9 Å². The molecule has 6 heteroatoms. The van der Waals surface area contributed by atoms with Crippen LogP contribution in [0.25, 0.3) is 0 Å². The molecule has 1 atom stereocenters. The Labute approximate surface area is 127 Å². The summed E-state index contributed by atoms with van der Waals surface area (Å²) in [5.41, 5.74) is 0.411. The van der Waals surface area contributed by atoms with Crippen molar-refractivity contribution in [2.45, 2.75) is 39.5 Å². The molecule has 1 aromatic rings. The fourth-order valence-electron chi connectivity index (χ4n) is 1.76. The predicted octanol–water partition coefficient (Wildman–Crippen LogP) is 2.89. The Bertz CT molecular complexity index is 466. The van der Waals surface area contributed by atoms with Crippen LogP contribution in [0.15, 0.2) is 22.7 Å². The summed E-state index contributed by atoms with van der Waals surface area (Å²) in [5.74, 6) is -0.361. The van der Waals surface area contributed by atoms with Gasteiger partial charge in [0.15, 0.2) is 0 Å². The summed E-state index contributed by atoms with van der Waals surface area (Å²) in [5, 5.41) is 12.1. The van der Waals surface area contributed by atoms with Crippen LogP contribution in [-0.4, -0.2) is 34.7 Å². The Kier molecular flexibility index (Phi) is 6.42. The van der Waals surface area contributed by atoms with E-state index in [4.69, 9.17) is 0 Å². The minimum Gasteiger partial charge on any atom is -0.392 e. The van der Waals surface area contributed by atoms with Crippen LogP contribution in [0, 0.1) is 5.82 Å². The molecule has 2 amide bonds. The molecule has 0 spiro atoms. The highest BCUT2D eigenvalue weighted by Gasteiger charge is 2.18. The van der Waals surface area contributed by atoms with Gasteiger partial charge in [0.2, 0.25) is 0 Å². The van der Waals surface area contributed by atoms with Crippen LogP contribution in [0.3, 0.4) is 0 Å². The number of benzene rings is 1. The van der Waals surface area contributed by atoms with Crippen LogP contribution in [0.5, 0.6) is 0 Å². The van der Waals surface area contributed by atoms with Gasteiger partial charge < -0.3 is 15.3 Å². The lowest BCUT2D eigenvalue weighted by molar-refractivity contribution is 0.118. The zero-order valence-electron chi connectivity index (χ0n) is 11.9. The van der Waals surface area contributed by atoms with Gasteiger partial charge in [-0.2, -0.15) is 0 Å². The van der Waals surface area contributed by atoms with E-state index in [1.54, 1.807) is 19.1 Å². The lowest BCUT2D eigenvalue weighted by Gasteiger charge is -2.28. The minimum atomic E-state index is -0.606. The van der Waals surface area contributed by atoms with Gasteiger partial charge in [-0.3, -0.25) is 0 Å². The molecule has 0 aliphatic rings. The molecule has 0 fully saturated rings. The third-order valence-corrected chi connectivity index (χ3v) is 3.28. The number of aliphatic hydroxyl groups excluding tert-OH is 1. The molecular weight excluding hydrogens is 327 g/mol. The molecule has 1 unspecified atom stereocenters. The van der Waals surface area contributed by atoms with Crippen molar-refractivity contribution in [3.05, 3.63) is 34.1 Å². The van der Waals surface area contributed by atoms with E-state index in [1.807, 2.05) is 13.8 Å². The molecule has 2 N–H and O–H groups in total. The molecule has 0 heterocycles. The van der Waals surface area contributed by atoms with Gasteiger partial charge in [0.1, 0.15) is 5.82 Å². The van der Waals surface area contributed by atoms with Gasteiger partial charge in [-0.25, -0.2) is 9.18 Å². The molecule has 0 bridgehead atoms. The molecule has 0 aliphatic carbocycles. The fraction of sp³-hybridized carbons (Fsp3) is 0.500. The van der Waals surface area contributed by atoms with Gasteiger partial charge >= 0.3 is 6.03 Å². The maximum atomic E-state index is 13.6. The molecule has 0 radical (unpaired) electrons. The second-order valence-electron chi connectivity index (χ2n) is 4.99. The molecule has 112 valence electrons. The Morgan fingerprint density at radius 2 is 2.10 bits per heavy atom. The quantitative estimate of drug-likeness (QED) is 0.861. The molecule has 0 aliphatic heterocycles. The first-order valence-corrected chi connectivity index (χ1v) is 7.27. The Morgan fingerprint density at radius 1 is 1.45 bits per heavy atom. The van der Waals surface area contributed by atoms with Crippen molar-refractivity contribution in [3.63, 3.8) is 0 Å². The summed E-state index contributed by atoms with van der Waals surface area (Å²) in [6.45, 7) is 5.69. The zero-order chi connectivity index (χ0) is 15.3. The summed E-state index contributed by atoms with van der Waals surface area (Å²) < 4.78 is 14.3. The zero-order valence-corrected chi connectivity index (χ0v) is 13.4. The maximum absolute atomic E-state index is 13.6. The van der Waals surface area contributed by atoms with E-state index in [0.29, 0.717) is 5.56 Å². The van der Waals surface area contributed by atoms with Crippen molar-refractivity contribution < 1.29 is 14.3 Å². The summed E-state index contributed by atoms with van der Waals surface area (Å²) in [4.78, 5) is 13.6. The van der Waals surface area contributed by atoms with Crippen molar-refractivity contribution in [1.29, 1.82) is 0 Å².